The lowest BCUT2D eigenvalue weighted by molar-refractivity contribution is -0.134. The van der Waals surface area contributed by atoms with Crippen molar-refractivity contribution in [2.45, 2.75) is 44.7 Å². The van der Waals surface area contributed by atoms with Gasteiger partial charge in [-0.1, -0.05) is 24.3 Å². The van der Waals surface area contributed by atoms with Crippen LogP contribution in [-0.4, -0.2) is 41.4 Å². The molecule has 0 radical (unpaired) electrons. The summed E-state index contributed by atoms with van der Waals surface area (Å²) in [4.78, 5) is 17.8. The van der Waals surface area contributed by atoms with Crippen molar-refractivity contribution in [3.63, 3.8) is 0 Å². The molecular weight excluding hydrogens is 352 g/mol. The quantitative estimate of drug-likeness (QED) is 0.790. The van der Waals surface area contributed by atoms with Crippen LogP contribution < -0.4 is 0 Å². The number of hydrogen-bond acceptors (Lipinski definition) is 3. The number of benzene rings is 1. The molecule has 3 atom stereocenters. The van der Waals surface area contributed by atoms with Crippen molar-refractivity contribution in [2.24, 2.45) is 11.8 Å². The summed E-state index contributed by atoms with van der Waals surface area (Å²) in [6.07, 6.45) is 3.33. The second-order valence-electron chi connectivity index (χ2n) is 8.61. The molecule has 3 heterocycles. The molecule has 0 unspecified atom stereocenters. The molecule has 27 heavy (non-hydrogen) atoms. The van der Waals surface area contributed by atoms with Gasteiger partial charge < -0.3 is 4.90 Å². The van der Waals surface area contributed by atoms with E-state index in [9.17, 15) is 4.79 Å². The van der Waals surface area contributed by atoms with Crippen LogP contribution in [0, 0.1) is 18.8 Å². The van der Waals surface area contributed by atoms with Crippen LogP contribution in [-0.2, 0) is 11.3 Å². The fourth-order valence-corrected chi connectivity index (χ4v) is 5.86. The van der Waals surface area contributed by atoms with Crippen LogP contribution in [0.25, 0.3) is 0 Å². The normalized spacial score (nSPS) is 28.3. The molecule has 4 heteroatoms. The van der Waals surface area contributed by atoms with Gasteiger partial charge in [0.2, 0.25) is 5.91 Å². The third kappa shape index (κ3) is 3.34. The second kappa shape index (κ2) is 7.06. The van der Waals surface area contributed by atoms with Crippen LogP contribution in [0.1, 0.15) is 41.9 Å². The molecule has 2 aromatic rings. The Morgan fingerprint density at radius 1 is 1.15 bits per heavy atom. The van der Waals surface area contributed by atoms with Gasteiger partial charge in [0.15, 0.2) is 0 Å². The number of amides is 1. The third-order valence-electron chi connectivity index (χ3n) is 6.85. The number of nitrogens with zero attached hydrogens (tertiary/aromatic N) is 2. The van der Waals surface area contributed by atoms with E-state index in [2.05, 4.69) is 57.8 Å². The minimum Gasteiger partial charge on any atom is -0.338 e. The van der Waals surface area contributed by atoms with Gasteiger partial charge in [-0.2, -0.15) is 11.3 Å². The van der Waals surface area contributed by atoms with Crippen molar-refractivity contribution in [1.82, 2.24) is 9.80 Å². The summed E-state index contributed by atoms with van der Waals surface area (Å²) in [6, 6.07) is 11.5. The number of piperidine rings is 1. The highest BCUT2D eigenvalue weighted by Crippen LogP contribution is 2.44. The van der Waals surface area contributed by atoms with Crippen molar-refractivity contribution >= 4 is 17.2 Å². The Hall–Kier alpha value is -1.65. The zero-order valence-corrected chi connectivity index (χ0v) is 16.8. The van der Waals surface area contributed by atoms with Crippen LogP contribution in [0.5, 0.6) is 0 Å². The van der Waals surface area contributed by atoms with E-state index in [4.69, 9.17) is 0 Å². The Kier molecular flexibility index (Phi) is 4.57. The third-order valence-corrected chi connectivity index (χ3v) is 7.55. The first kappa shape index (κ1) is 17.4. The van der Waals surface area contributed by atoms with Gasteiger partial charge in [0.05, 0.1) is 0 Å². The van der Waals surface area contributed by atoms with Crippen LogP contribution >= 0.6 is 11.3 Å². The molecule has 0 N–H and O–H groups in total. The standard InChI is InChI=1S/C23H28N2OS/c1-16-4-2-3-5-18(16)12-24-10-8-22-21(13-24)20(19-9-11-27-15-19)14-25(22)23(26)17-6-7-17/h2-5,9,11,15,17,20-22H,6-8,10,12-14H2,1H3/t20-,21-,22-/m0/s1. The Labute approximate surface area is 166 Å². The summed E-state index contributed by atoms with van der Waals surface area (Å²) in [7, 11) is 0. The maximum absolute atomic E-state index is 12.9. The number of carbonyl (C=O) groups excluding carboxylic acids is 1. The first-order chi connectivity index (χ1) is 13.2. The molecule has 1 amide bonds. The van der Waals surface area contributed by atoms with Crippen molar-refractivity contribution in [3.8, 4) is 0 Å². The van der Waals surface area contributed by atoms with E-state index in [1.165, 1.54) is 16.7 Å². The number of hydrogen-bond donors (Lipinski definition) is 0. The summed E-state index contributed by atoms with van der Waals surface area (Å²) in [5.41, 5.74) is 4.26. The smallest absolute Gasteiger partial charge is 0.225 e. The van der Waals surface area contributed by atoms with Gasteiger partial charge in [0.1, 0.15) is 0 Å². The van der Waals surface area contributed by atoms with Crippen molar-refractivity contribution in [1.29, 1.82) is 0 Å². The van der Waals surface area contributed by atoms with E-state index in [1.54, 1.807) is 11.3 Å². The molecule has 142 valence electrons. The van der Waals surface area contributed by atoms with Gasteiger partial charge in [-0.05, 0) is 59.7 Å². The topological polar surface area (TPSA) is 23.6 Å². The number of carbonyl (C=O) groups is 1. The largest absolute Gasteiger partial charge is 0.338 e. The van der Waals surface area contributed by atoms with Gasteiger partial charge in [0, 0.05) is 50.0 Å². The van der Waals surface area contributed by atoms with E-state index < -0.39 is 0 Å². The predicted octanol–water partition coefficient (Wildman–Crippen LogP) is 4.28. The maximum atomic E-state index is 12.9. The highest BCUT2D eigenvalue weighted by molar-refractivity contribution is 7.08. The zero-order chi connectivity index (χ0) is 18.4. The minimum absolute atomic E-state index is 0.330. The first-order valence-corrected chi connectivity index (χ1v) is 11.2. The van der Waals surface area contributed by atoms with Crippen LogP contribution in [0.3, 0.4) is 0 Å². The van der Waals surface area contributed by atoms with Crippen LogP contribution in [0.4, 0.5) is 0 Å². The monoisotopic (exact) mass is 380 g/mol. The fraction of sp³-hybridized carbons (Fsp3) is 0.522. The molecule has 0 bridgehead atoms. The first-order valence-electron chi connectivity index (χ1n) is 10.3. The summed E-state index contributed by atoms with van der Waals surface area (Å²) in [5, 5.41) is 4.48. The zero-order valence-electron chi connectivity index (χ0n) is 16.0. The Balaban J connectivity index is 1.37. The number of fused-ring (bicyclic) bond motifs is 1. The van der Waals surface area contributed by atoms with Crippen LogP contribution in [0.2, 0.25) is 0 Å². The van der Waals surface area contributed by atoms with Gasteiger partial charge >= 0.3 is 0 Å². The Bertz CT molecular complexity index is 814. The minimum atomic E-state index is 0.330. The number of rotatable bonds is 4. The van der Waals surface area contributed by atoms with Crippen LogP contribution in [0.15, 0.2) is 41.1 Å². The molecule has 3 nitrogen and oxygen atoms in total. The average Bonchev–Trinajstić information content (AvgIpc) is 3.26. The van der Waals surface area contributed by atoms with Crippen molar-refractivity contribution in [3.05, 3.63) is 57.8 Å². The van der Waals surface area contributed by atoms with Crippen molar-refractivity contribution < 1.29 is 4.79 Å². The van der Waals surface area contributed by atoms with Gasteiger partial charge in [0.25, 0.3) is 0 Å². The summed E-state index contributed by atoms with van der Waals surface area (Å²) >= 11 is 1.78. The molecule has 2 aliphatic heterocycles. The molecule has 3 aliphatic rings. The molecule has 1 aromatic carbocycles. The number of aryl methyl sites for hydroxylation is 1. The van der Waals surface area contributed by atoms with E-state index in [-0.39, 0.29) is 0 Å². The van der Waals surface area contributed by atoms with Gasteiger partial charge in [-0.3, -0.25) is 9.69 Å². The summed E-state index contributed by atoms with van der Waals surface area (Å²) < 4.78 is 0. The summed E-state index contributed by atoms with van der Waals surface area (Å²) in [6.45, 7) is 6.37. The molecule has 1 aromatic heterocycles. The number of likely N-dealkylation sites (tertiary alicyclic amines) is 2. The van der Waals surface area contributed by atoms with Gasteiger partial charge in [-0.25, -0.2) is 0 Å². The Morgan fingerprint density at radius 3 is 2.74 bits per heavy atom. The predicted molar refractivity (Wildman–Crippen MR) is 110 cm³/mol. The molecule has 1 aliphatic carbocycles. The van der Waals surface area contributed by atoms with E-state index in [0.29, 0.717) is 29.7 Å². The Morgan fingerprint density at radius 2 is 2.00 bits per heavy atom. The van der Waals surface area contributed by atoms with E-state index in [0.717, 1.165) is 45.4 Å². The maximum Gasteiger partial charge on any atom is 0.225 e. The average molecular weight is 381 g/mol. The van der Waals surface area contributed by atoms with Crippen molar-refractivity contribution in [2.75, 3.05) is 19.6 Å². The number of thiophene rings is 1. The summed E-state index contributed by atoms with van der Waals surface area (Å²) in [5.74, 6) is 1.84. The lowest BCUT2D eigenvalue weighted by atomic mass is 9.82. The lowest BCUT2D eigenvalue weighted by Gasteiger charge is -2.39. The SMILES string of the molecule is Cc1ccccc1CN1CC[C@H]2[C@@H](C1)[C@H](c1ccsc1)CN2C(=O)C1CC1. The molecule has 1 saturated carbocycles. The lowest BCUT2D eigenvalue weighted by Crippen LogP contribution is -2.48. The molecule has 2 saturated heterocycles. The highest BCUT2D eigenvalue weighted by atomic mass is 32.1. The molecule has 0 spiro atoms. The second-order valence-corrected chi connectivity index (χ2v) is 9.39. The molecular formula is C23H28N2OS. The highest BCUT2D eigenvalue weighted by Gasteiger charge is 2.49. The molecule has 5 rings (SSSR count). The van der Waals surface area contributed by atoms with Gasteiger partial charge in [-0.15, -0.1) is 0 Å². The fourth-order valence-electron chi connectivity index (χ4n) is 5.13. The van der Waals surface area contributed by atoms with E-state index in [1.807, 2.05) is 0 Å². The molecule has 3 fully saturated rings. The van der Waals surface area contributed by atoms with E-state index >= 15 is 0 Å².